The fourth-order valence-electron chi connectivity index (χ4n) is 2.59. The van der Waals surface area contributed by atoms with E-state index in [1.807, 2.05) is 51.3 Å². The first-order valence-corrected chi connectivity index (χ1v) is 8.59. The summed E-state index contributed by atoms with van der Waals surface area (Å²) in [6.45, 7) is 12.1. The van der Waals surface area contributed by atoms with Crippen LogP contribution in [0.1, 0.15) is 48.0 Å². The predicted octanol–water partition coefficient (Wildman–Crippen LogP) is 2.28. The molecule has 0 spiro atoms. The number of nitrogens with one attached hydrogen (secondary N) is 1. The topological polar surface area (TPSA) is 49.4 Å². The van der Waals surface area contributed by atoms with Gasteiger partial charge in [-0.3, -0.25) is 9.59 Å². The second-order valence-corrected chi connectivity index (χ2v) is 7.80. The Morgan fingerprint density at radius 2 is 1.90 bits per heavy atom. The first-order valence-electron chi connectivity index (χ1n) is 7.44. The lowest BCUT2D eigenvalue weighted by molar-refractivity contribution is -0.154. The average Bonchev–Trinajstić information content (AvgIpc) is 2.36. The molecular formula is C15H28N2O2S. The summed E-state index contributed by atoms with van der Waals surface area (Å²) in [4.78, 5) is 26.9. The molecule has 1 aliphatic heterocycles. The lowest BCUT2D eigenvalue weighted by Gasteiger charge is -2.45. The second kappa shape index (κ2) is 6.83. The molecule has 3 atom stereocenters. The first kappa shape index (κ1) is 17.3. The minimum atomic E-state index is -0.424. The Kier molecular flexibility index (Phi) is 5.92. The molecule has 20 heavy (non-hydrogen) atoms. The van der Waals surface area contributed by atoms with E-state index in [2.05, 4.69) is 12.2 Å². The van der Waals surface area contributed by atoms with Crippen molar-refractivity contribution in [1.82, 2.24) is 10.2 Å². The van der Waals surface area contributed by atoms with Crippen LogP contribution in [0.5, 0.6) is 0 Å². The van der Waals surface area contributed by atoms with Gasteiger partial charge in [-0.25, -0.2) is 0 Å². The molecule has 1 aliphatic rings. The van der Waals surface area contributed by atoms with E-state index in [1.54, 1.807) is 0 Å². The molecule has 5 heteroatoms. The van der Waals surface area contributed by atoms with Crippen LogP contribution in [0.4, 0.5) is 0 Å². The highest BCUT2D eigenvalue weighted by molar-refractivity contribution is 7.99. The molecule has 116 valence electrons. The van der Waals surface area contributed by atoms with Crippen LogP contribution in [0.2, 0.25) is 0 Å². The van der Waals surface area contributed by atoms with Crippen molar-refractivity contribution in [3.8, 4) is 0 Å². The standard InChI is InChI=1S/C15H28N2O2S/c1-7-11-13(18)16-12(15(4,5)6)14(19)17(11)10(3)9-20-8-2/h10-12H,7-9H2,1-6H3,(H,16,18). The Hall–Kier alpha value is -0.710. The van der Waals surface area contributed by atoms with Crippen LogP contribution < -0.4 is 5.32 Å². The quantitative estimate of drug-likeness (QED) is 0.847. The number of rotatable bonds is 5. The van der Waals surface area contributed by atoms with Crippen LogP contribution in [0.3, 0.4) is 0 Å². The molecule has 0 aromatic heterocycles. The van der Waals surface area contributed by atoms with Gasteiger partial charge in [0.1, 0.15) is 12.1 Å². The molecule has 1 saturated heterocycles. The summed E-state index contributed by atoms with van der Waals surface area (Å²) < 4.78 is 0. The fraction of sp³-hybridized carbons (Fsp3) is 0.867. The molecule has 4 nitrogen and oxygen atoms in total. The third kappa shape index (κ3) is 3.68. The van der Waals surface area contributed by atoms with Gasteiger partial charge in [0, 0.05) is 11.8 Å². The number of nitrogens with zero attached hydrogens (tertiary/aromatic N) is 1. The Morgan fingerprint density at radius 1 is 1.30 bits per heavy atom. The van der Waals surface area contributed by atoms with Crippen molar-refractivity contribution in [3.05, 3.63) is 0 Å². The van der Waals surface area contributed by atoms with E-state index in [1.165, 1.54) is 0 Å². The van der Waals surface area contributed by atoms with Gasteiger partial charge in [0.05, 0.1) is 0 Å². The van der Waals surface area contributed by atoms with Crippen molar-refractivity contribution < 1.29 is 9.59 Å². The van der Waals surface area contributed by atoms with Gasteiger partial charge in [-0.15, -0.1) is 0 Å². The summed E-state index contributed by atoms with van der Waals surface area (Å²) in [6, 6.07) is -0.659. The zero-order valence-corrected chi connectivity index (χ0v) is 14.3. The number of carbonyl (C=O) groups excluding carboxylic acids is 2. The molecule has 0 saturated carbocycles. The van der Waals surface area contributed by atoms with E-state index < -0.39 is 6.04 Å². The zero-order chi connectivity index (χ0) is 15.5. The van der Waals surface area contributed by atoms with E-state index in [0.717, 1.165) is 11.5 Å². The molecular weight excluding hydrogens is 272 g/mol. The van der Waals surface area contributed by atoms with Gasteiger partial charge >= 0.3 is 0 Å². The third-order valence-electron chi connectivity index (χ3n) is 3.72. The Morgan fingerprint density at radius 3 is 2.35 bits per heavy atom. The molecule has 0 aliphatic carbocycles. The maximum Gasteiger partial charge on any atom is 0.246 e. The van der Waals surface area contributed by atoms with E-state index in [9.17, 15) is 9.59 Å². The largest absolute Gasteiger partial charge is 0.342 e. The predicted molar refractivity (Wildman–Crippen MR) is 84.8 cm³/mol. The van der Waals surface area contributed by atoms with Crippen molar-refractivity contribution in [3.63, 3.8) is 0 Å². The van der Waals surface area contributed by atoms with Crippen LogP contribution in [0.15, 0.2) is 0 Å². The maximum absolute atomic E-state index is 12.8. The number of hydrogen-bond donors (Lipinski definition) is 1. The van der Waals surface area contributed by atoms with Gasteiger partial charge in [0.25, 0.3) is 0 Å². The van der Waals surface area contributed by atoms with Crippen molar-refractivity contribution in [2.24, 2.45) is 5.41 Å². The number of carbonyl (C=O) groups is 2. The van der Waals surface area contributed by atoms with Gasteiger partial charge in [0.15, 0.2) is 0 Å². The fourth-order valence-corrected chi connectivity index (χ4v) is 3.33. The first-order chi connectivity index (χ1) is 9.23. The highest BCUT2D eigenvalue weighted by Crippen LogP contribution is 2.28. The number of piperazine rings is 1. The van der Waals surface area contributed by atoms with Crippen molar-refractivity contribution >= 4 is 23.6 Å². The number of thioether (sulfide) groups is 1. The van der Waals surface area contributed by atoms with Gasteiger partial charge in [-0.2, -0.15) is 11.8 Å². The van der Waals surface area contributed by atoms with Crippen LogP contribution in [0.25, 0.3) is 0 Å². The molecule has 2 amide bonds. The lowest BCUT2D eigenvalue weighted by atomic mass is 9.83. The molecule has 0 aromatic carbocycles. The smallest absolute Gasteiger partial charge is 0.246 e. The molecule has 1 rings (SSSR count). The molecule has 0 aromatic rings. The second-order valence-electron chi connectivity index (χ2n) is 6.49. The molecule has 1 heterocycles. The summed E-state index contributed by atoms with van der Waals surface area (Å²) in [5.74, 6) is 1.95. The van der Waals surface area contributed by atoms with E-state index >= 15 is 0 Å². The van der Waals surface area contributed by atoms with Gasteiger partial charge in [0.2, 0.25) is 11.8 Å². The van der Waals surface area contributed by atoms with E-state index in [0.29, 0.717) is 6.42 Å². The maximum atomic E-state index is 12.8. The summed E-state index contributed by atoms with van der Waals surface area (Å²) >= 11 is 1.81. The Labute approximate surface area is 127 Å². The Balaban J connectivity index is 3.00. The highest BCUT2D eigenvalue weighted by atomic mass is 32.2. The highest BCUT2D eigenvalue weighted by Gasteiger charge is 2.45. The van der Waals surface area contributed by atoms with Crippen molar-refractivity contribution in [1.29, 1.82) is 0 Å². The summed E-state index contributed by atoms with van der Waals surface area (Å²) in [6.07, 6.45) is 0.662. The molecule has 1 fully saturated rings. The molecule has 3 unspecified atom stereocenters. The number of amides is 2. The minimum absolute atomic E-state index is 0.0135. The van der Waals surface area contributed by atoms with Crippen LogP contribution >= 0.6 is 11.8 Å². The summed E-state index contributed by atoms with van der Waals surface area (Å²) in [7, 11) is 0. The molecule has 0 bridgehead atoms. The number of hydrogen-bond acceptors (Lipinski definition) is 3. The normalized spacial score (nSPS) is 25.6. The zero-order valence-electron chi connectivity index (χ0n) is 13.5. The van der Waals surface area contributed by atoms with Crippen LogP contribution in [-0.4, -0.2) is 46.3 Å². The van der Waals surface area contributed by atoms with Crippen molar-refractivity contribution in [2.45, 2.75) is 66.1 Å². The van der Waals surface area contributed by atoms with E-state index in [-0.39, 0.29) is 29.3 Å². The molecule has 1 N–H and O–H groups in total. The summed E-state index contributed by atoms with van der Waals surface area (Å²) in [5.41, 5.74) is -0.263. The van der Waals surface area contributed by atoms with Crippen molar-refractivity contribution in [2.75, 3.05) is 11.5 Å². The van der Waals surface area contributed by atoms with Crippen LogP contribution in [-0.2, 0) is 9.59 Å². The third-order valence-corrected chi connectivity index (χ3v) is 4.84. The summed E-state index contributed by atoms with van der Waals surface area (Å²) in [5, 5.41) is 2.91. The van der Waals surface area contributed by atoms with Gasteiger partial charge < -0.3 is 10.2 Å². The van der Waals surface area contributed by atoms with E-state index in [4.69, 9.17) is 0 Å². The Bertz CT molecular complexity index is 365. The van der Waals surface area contributed by atoms with Crippen LogP contribution in [0, 0.1) is 5.41 Å². The SMILES string of the molecule is CCSCC(C)N1C(=O)C(C(C)(C)C)NC(=O)C1CC. The lowest BCUT2D eigenvalue weighted by Crippen LogP contribution is -2.68. The van der Waals surface area contributed by atoms with Gasteiger partial charge in [-0.1, -0.05) is 34.6 Å². The minimum Gasteiger partial charge on any atom is -0.342 e. The monoisotopic (exact) mass is 300 g/mol. The van der Waals surface area contributed by atoms with Gasteiger partial charge in [-0.05, 0) is 24.5 Å². The average molecular weight is 300 g/mol. The molecule has 0 radical (unpaired) electrons.